The fourth-order valence-corrected chi connectivity index (χ4v) is 2.93. The molecular formula is C20H20N6O3. The number of benzene rings is 1. The molecule has 0 spiro atoms. The molecule has 9 nitrogen and oxygen atoms in total. The van der Waals surface area contributed by atoms with Crippen LogP contribution in [-0.4, -0.2) is 38.3 Å². The van der Waals surface area contributed by atoms with Crippen LogP contribution in [0.15, 0.2) is 41.1 Å². The zero-order valence-corrected chi connectivity index (χ0v) is 16.1. The van der Waals surface area contributed by atoms with Gasteiger partial charge in [0, 0.05) is 29.5 Å². The molecule has 0 aliphatic heterocycles. The number of aromatic amines is 1. The van der Waals surface area contributed by atoms with Crippen LogP contribution in [0.4, 0.5) is 5.69 Å². The van der Waals surface area contributed by atoms with Crippen molar-refractivity contribution in [1.29, 1.82) is 0 Å². The van der Waals surface area contributed by atoms with E-state index in [4.69, 9.17) is 9.26 Å². The maximum absolute atomic E-state index is 12.2. The Morgan fingerprint density at radius 2 is 2.10 bits per heavy atom. The lowest BCUT2D eigenvalue weighted by atomic mass is 10.2. The molecule has 0 saturated heterocycles. The SMILES string of the molecule is COc1ccc(-c2noc(CCCC(=O)Nc3cnc4n[nH]c(C)c4c3)n2)cc1. The monoisotopic (exact) mass is 392 g/mol. The maximum Gasteiger partial charge on any atom is 0.226 e. The van der Waals surface area contributed by atoms with Gasteiger partial charge in [0.15, 0.2) is 5.65 Å². The predicted molar refractivity (Wildman–Crippen MR) is 106 cm³/mol. The molecule has 0 atom stereocenters. The van der Waals surface area contributed by atoms with E-state index in [0.717, 1.165) is 22.4 Å². The highest BCUT2D eigenvalue weighted by Gasteiger charge is 2.11. The summed E-state index contributed by atoms with van der Waals surface area (Å²) in [4.78, 5) is 20.8. The summed E-state index contributed by atoms with van der Waals surface area (Å²) < 4.78 is 10.4. The Hall–Kier alpha value is -3.75. The molecule has 3 heterocycles. The number of nitrogens with zero attached hydrogens (tertiary/aromatic N) is 4. The first-order chi connectivity index (χ1) is 14.1. The molecular weight excluding hydrogens is 372 g/mol. The Morgan fingerprint density at radius 1 is 1.28 bits per heavy atom. The maximum atomic E-state index is 12.2. The average molecular weight is 392 g/mol. The highest BCUT2D eigenvalue weighted by Crippen LogP contribution is 2.20. The number of aromatic nitrogens is 5. The smallest absolute Gasteiger partial charge is 0.226 e. The topological polar surface area (TPSA) is 119 Å². The van der Waals surface area contributed by atoms with Crippen molar-refractivity contribution in [1.82, 2.24) is 25.3 Å². The van der Waals surface area contributed by atoms with Gasteiger partial charge in [-0.2, -0.15) is 10.1 Å². The Kier molecular flexibility index (Phi) is 5.19. The van der Waals surface area contributed by atoms with Crippen LogP contribution in [0.2, 0.25) is 0 Å². The second kappa shape index (κ2) is 8.09. The number of hydrogen-bond donors (Lipinski definition) is 2. The number of fused-ring (bicyclic) bond motifs is 1. The minimum atomic E-state index is -0.0952. The second-order valence-electron chi connectivity index (χ2n) is 6.59. The largest absolute Gasteiger partial charge is 0.497 e. The van der Waals surface area contributed by atoms with Crippen LogP contribution in [0.5, 0.6) is 5.75 Å². The zero-order valence-electron chi connectivity index (χ0n) is 16.1. The molecule has 1 aromatic carbocycles. The van der Waals surface area contributed by atoms with E-state index < -0.39 is 0 Å². The number of amides is 1. The Balaban J connectivity index is 1.29. The standard InChI is InChI=1S/C20H20N6O3/c1-12-16-10-14(11-21-20(16)25-24-12)22-17(27)4-3-5-18-23-19(26-29-18)13-6-8-15(28-2)9-7-13/h6-11H,3-5H2,1-2H3,(H,22,27)(H,21,24,25). The lowest BCUT2D eigenvalue weighted by Gasteiger charge is -2.04. The number of carbonyl (C=O) groups excluding carboxylic acids is 1. The van der Waals surface area contributed by atoms with Gasteiger partial charge in [-0.25, -0.2) is 4.98 Å². The summed E-state index contributed by atoms with van der Waals surface area (Å²) in [6.07, 6.45) is 3.05. The van der Waals surface area contributed by atoms with E-state index in [2.05, 4.69) is 30.6 Å². The molecule has 2 N–H and O–H groups in total. The van der Waals surface area contributed by atoms with Gasteiger partial charge in [-0.1, -0.05) is 5.16 Å². The molecule has 4 aromatic rings. The van der Waals surface area contributed by atoms with Gasteiger partial charge in [-0.3, -0.25) is 9.89 Å². The van der Waals surface area contributed by atoms with E-state index in [1.807, 2.05) is 37.3 Å². The number of ether oxygens (including phenoxy) is 1. The van der Waals surface area contributed by atoms with E-state index in [9.17, 15) is 4.79 Å². The molecule has 29 heavy (non-hydrogen) atoms. The van der Waals surface area contributed by atoms with Gasteiger partial charge in [-0.15, -0.1) is 0 Å². The molecule has 9 heteroatoms. The van der Waals surface area contributed by atoms with Gasteiger partial charge in [0.2, 0.25) is 17.6 Å². The summed E-state index contributed by atoms with van der Waals surface area (Å²) in [5.74, 6) is 1.69. The number of H-pyrrole nitrogens is 1. The molecule has 0 fully saturated rings. The summed E-state index contributed by atoms with van der Waals surface area (Å²) in [5, 5.41) is 14.7. The van der Waals surface area contributed by atoms with Gasteiger partial charge in [0.1, 0.15) is 5.75 Å². The molecule has 0 radical (unpaired) electrons. The first kappa shape index (κ1) is 18.6. The van der Waals surface area contributed by atoms with E-state index in [1.165, 1.54) is 0 Å². The van der Waals surface area contributed by atoms with Crippen LogP contribution >= 0.6 is 0 Å². The first-order valence-electron chi connectivity index (χ1n) is 9.20. The highest BCUT2D eigenvalue weighted by atomic mass is 16.5. The van der Waals surface area contributed by atoms with Crippen LogP contribution in [0.3, 0.4) is 0 Å². The predicted octanol–water partition coefficient (Wildman–Crippen LogP) is 3.29. The number of aryl methyl sites for hydroxylation is 2. The number of rotatable bonds is 7. The summed E-state index contributed by atoms with van der Waals surface area (Å²) in [6.45, 7) is 1.91. The lowest BCUT2D eigenvalue weighted by Crippen LogP contribution is -2.11. The third kappa shape index (κ3) is 4.23. The van der Waals surface area contributed by atoms with Crippen molar-refractivity contribution in [3.63, 3.8) is 0 Å². The number of pyridine rings is 1. The van der Waals surface area contributed by atoms with Crippen LogP contribution in [-0.2, 0) is 11.2 Å². The first-order valence-corrected chi connectivity index (χ1v) is 9.20. The Labute approximate surface area is 166 Å². The van der Waals surface area contributed by atoms with Crippen LogP contribution in [0.1, 0.15) is 24.4 Å². The van der Waals surface area contributed by atoms with E-state index in [-0.39, 0.29) is 5.91 Å². The zero-order chi connectivity index (χ0) is 20.2. The molecule has 4 rings (SSSR count). The summed E-state index contributed by atoms with van der Waals surface area (Å²) >= 11 is 0. The molecule has 0 aliphatic carbocycles. The van der Waals surface area contributed by atoms with Crippen molar-refractivity contribution < 1.29 is 14.1 Å². The molecule has 0 aliphatic rings. The number of anilines is 1. The Bertz CT molecular complexity index is 1130. The van der Waals surface area contributed by atoms with E-state index in [1.54, 1.807) is 13.3 Å². The van der Waals surface area contributed by atoms with Crippen molar-refractivity contribution in [3.8, 4) is 17.1 Å². The van der Waals surface area contributed by atoms with Gasteiger partial charge < -0.3 is 14.6 Å². The van der Waals surface area contributed by atoms with Gasteiger partial charge in [-0.05, 0) is 43.7 Å². The van der Waals surface area contributed by atoms with Crippen molar-refractivity contribution >= 4 is 22.6 Å². The van der Waals surface area contributed by atoms with Crippen LogP contribution in [0, 0.1) is 6.92 Å². The lowest BCUT2D eigenvalue weighted by molar-refractivity contribution is -0.116. The third-order valence-electron chi connectivity index (χ3n) is 4.49. The summed E-state index contributed by atoms with van der Waals surface area (Å²) in [7, 11) is 1.62. The Morgan fingerprint density at radius 3 is 2.90 bits per heavy atom. The van der Waals surface area contributed by atoms with Gasteiger partial charge >= 0.3 is 0 Å². The van der Waals surface area contributed by atoms with Gasteiger partial charge in [0.05, 0.1) is 19.0 Å². The fourth-order valence-electron chi connectivity index (χ4n) is 2.93. The molecule has 0 bridgehead atoms. The van der Waals surface area contributed by atoms with Crippen molar-refractivity contribution in [2.45, 2.75) is 26.2 Å². The molecule has 0 unspecified atom stereocenters. The molecule has 148 valence electrons. The highest BCUT2D eigenvalue weighted by molar-refractivity contribution is 5.92. The molecule has 3 aromatic heterocycles. The summed E-state index contributed by atoms with van der Waals surface area (Å²) in [6, 6.07) is 9.28. The fraction of sp³-hybridized carbons (Fsp3) is 0.250. The normalized spacial score (nSPS) is 11.0. The summed E-state index contributed by atoms with van der Waals surface area (Å²) in [5.41, 5.74) is 3.03. The third-order valence-corrected chi connectivity index (χ3v) is 4.49. The minimum absolute atomic E-state index is 0.0952. The van der Waals surface area contributed by atoms with Crippen molar-refractivity contribution in [3.05, 3.63) is 48.1 Å². The number of carbonyl (C=O) groups is 1. The van der Waals surface area contributed by atoms with E-state index in [0.29, 0.717) is 42.3 Å². The van der Waals surface area contributed by atoms with Crippen LogP contribution in [0.25, 0.3) is 22.4 Å². The minimum Gasteiger partial charge on any atom is -0.497 e. The van der Waals surface area contributed by atoms with Crippen molar-refractivity contribution in [2.24, 2.45) is 0 Å². The average Bonchev–Trinajstić information content (AvgIpc) is 3.35. The number of hydrogen-bond acceptors (Lipinski definition) is 7. The number of methoxy groups -OCH3 is 1. The quantitative estimate of drug-likeness (QED) is 0.495. The van der Waals surface area contributed by atoms with E-state index >= 15 is 0 Å². The molecule has 1 amide bonds. The van der Waals surface area contributed by atoms with Crippen molar-refractivity contribution in [2.75, 3.05) is 12.4 Å². The van der Waals surface area contributed by atoms with Gasteiger partial charge in [0.25, 0.3) is 0 Å². The second-order valence-corrected chi connectivity index (χ2v) is 6.59. The molecule has 0 saturated carbocycles. The van der Waals surface area contributed by atoms with Crippen LogP contribution < -0.4 is 10.1 Å². The number of nitrogens with one attached hydrogen (secondary N) is 2.